The Labute approximate surface area is 171 Å². The van der Waals surface area contributed by atoms with Crippen LogP contribution in [-0.4, -0.2) is 19.7 Å². The average molecular weight is 398 g/mol. The third-order valence-corrected chi connectivity index (χ3v) is 5.21. The second-order valence-electron chi connectivity index (χ2n) is 7.07. The minimum absolute atomic E-state index is 0.174. The largest absolute Gasteiger partial charge is 0.472 e. The molecule has 7 heteroatoms. The molecule has 0 saturated heterocycles. The van der Waals surface area contributed by atoms with Crippen molar-refractivity contribution in [3.63, 3.8) is 0 Å². The molecule has 3 aromatic heterocycles. The number of para-hydroxylation sites is 1. The van der Waals surface area contributed by atoms with E-state index in [4.69, 9.17) is 9.15 Å². The van der Waals surface area contributed by atoms with Gasteiger partial charge < -0.3 is 9.15 Å². The Bertz CT molecular complexity index is 1440. The maximum Gasteiger partial charge on any atom is 0.336 e. The summed E-state index contributed by atoms with van der Waals surface area (Å²) in [7, 11) is 0. The summed E-state index contributed by atoms with van der Waals surface area (Å²) < 4.78 is 13.2. The predicted octanol–water partition coefficient (Wildman–Crippen LogP) is 4.12. The number of aryl methyl sites for hydroxylation is 2. The lowest BCUT2D eigenvalue weighted by Gasteiger charge is -2.10. The number of aromatic nitrogens is 4. The molecule has 0 aliphatic carbocycles. The minimum Gasteiger partial charge on any atom is -0.472 e. The molecule has 0 aliphatic rings. The second kappa shape index (κ2) is 7.11. The standard InChI is InChI=1S/C23H18N4O3/c1-14-8-9-18-16(10-20(28)30-21(18)15(14)2)12-29-23-19-11-26-27(22(19)24-13-25-23)17-6-4-3-5-7-17/h3-11,13H,12H2,1-2H3. The zero-order chi connectivity index (χ0) is 20.7. The zero-order valence-electron chi connectivity index (χ0n) is 16.5. The van der Waals surface area contributed by atoms with Crippen molar-refractivity contribution in [2.24, 2.45) is 0 Å². The van der Waals surface area contributed by atoms with E-state index in [-0.39, 0.29) is 6.61 Å². The summed E-state index contributed by atoms with van der Waals surface area (Å²) in [5.74, 6) is 0.410. The van der Waals surface area contributed by atoms with E-state index >= 15 is 0 Å². The van der Waals surface area contributed by atoms with E-state index in [1.54, 1.807) is 10.9 Å². The molecule has 0 saturated carbocycles. The van der Waals surface area contributed by atoms with Gasteiger partial charge in [-0.15, -0.1) is 0 Å². The SMILES string of the molecule is Cc1ccc2c(COc3ncnc4c3cnn4-c3ccccc3)cc(=O)oc2c1C. The lowest BCUT2D eigenvalue weighted by molar-refractivity contribution is 0.298. The molecule has 0 fully saturated rings. The van der Waals surface area contributed by atoms with E-state index in [9.17, 15) is 4.79 Å². The van der Waals surface area contributed by atoms with E-state index in [0.717, 1.165) is 27.8 Å². The molecule has 0 radical (unpaired) electrons. The molecule has 0 atom stereocenters. The van der Waals surface area contributed by atoms with Gasteiger partial charge in [-0.1, -0.05) is 30.3 Å². The van der Waals surface area contributed by atoms with Gasteiger partial charge in [0.25, 0.3) is 0 Å². The fraction of sp³-hybridized carbons (Fsp3) is 0.130. The van der Waals surface area contributed by atoms with Crippen molar-refractivity contribution in [2.45, 2.75) is 20.5 Å². The van der Waals surface area contributed by atoms with Gasteiger partial charge in [0.15, 0.2) is 5.65 Å². The quantitative estimate of drug-likeness (QED) is 0.424. The van der Waals surface area contributed by atoms with Crippen molar-refractivity contribution in [2.75, 3.05) is 0 Å². The minimum atomic E-state index is -0.403. The van der Waals surface area contributed by atoms with Crippen LogP contribution in [0.25, 0.3) is 27.7 Å². The van der Waals surface area contributed by atoms with Crippen molar-refractivity contribution in [1.29, 1.82) is 0 Å². The van der Waals surface area contributed by atoms with Crippen LogP contribution >= 0.6 is 0 Å². The van der Waals surface area contributed by atoms with Gasteiger partial charge in [-0.25, -0.2) is 19.4 Å². The molecule has 2 aromatic carbocycles. The van der Waals surface area contributed by atoms with Crippen LogP contribution in [0.3, 0.4) is 0 Å². The Balaban J connectivity index is 1.53. The Kier molecular flexibility index (Phi) is 4.28. The van der Waals surface area contributed by atoms with Gasteiger partial charge in [-0.3, -0.25) is 0 Å². The molecule has 0 unspecified atom stereocenters. The van der Waals surface area contributed by atoms with Crippen LogP contribution < -0.4 is 10.4 Å². The fourth-order valence-corrected chi connectivity index (χ4v) is 3.49. The van der Waals surface area contributed by atoms with Gasteiger partial charge >= 0.3 is 5.63 Å². The topological polar surface area (TPSA) is 83.0 Å². The van der Waals surface area contributed by atoms with Crippen LogP contribution in [0.4, 0.5) is 0 Å². The van der Waals surface area contributed by atoms with Crippen LogP contribution in [0, 0.1) is 13.8 Å². The first-order valence-corrected chi connectivity index (χ1v) is 9.52. The van der Waals surface area contributed by atoms with E-state index < -0.39 is 5.63 Å². The molecule has 3 heterocycles. The highest BCUT2D eigenvalue weighted by Gasteiger charge is 2.14. The van der Waals surface area contributed by atoms with Crippen LogP contribution in [0.2, 0.25) is 0 Å². The molecule has 0 N–H and O–H groups in total. The molecular formula is C23H18N4O3. The maximum absolute atomic E-state index is 12.1. The number of hydrogen-bond acceptors (Lipinski definition) is 6. The van der Waals surface area contributed by atoms with Gasteiger partial charge in [0, 0.05) is 17.0 Å². The number of hydrogen-bond donors (Lipinski definition) is 0. The van der Waals surface area contributed by atoms with E-state index in [2.05, 4.69) is 15.1 Å². The van der Waals surface area contributed by atoms with Crippen molar-refractivity contribution in [3.05, 3.63) is 88.2 Å². The number of benzene rings is 2. The van der Waals surface area contributed by atoms with Gasteiger partial charge in [-0.05, 0) is 37.1 Å². The molecule has 0 aliphatic heterocycles. The Morgan fingerprint density at radius 3 is 2.70 bits per heavy atom. The first-order valence-electron chi connectivity index (χ1n) is 9.52. The number of fused-ring (bicyclic) bond motifs is 2. The highest BCUT2D eigenvalue weighted by atomic mass is 16.5. The molecule has 30 heavy (non-hydrogen) atoms. The van der Waals surface area contributed by atoms with Gasteiger partial charge in [0.05, 0.1) is 11.9 Å². The van der Waals surface area contributed by atoms with E-state index in [1.807, 2.05) is 56.3 Å². The maximum atomic E-state index is 12.1. The molecule has 5 rings (SSSR count). The smallest absolute Gasteiger partial charge is 0.336 e. The zero-order valence-corrected chi connectivity index (χ0v) is 16.5. The third kappa shape index (κ3) is 3.00. The van der Waals surface area contributed by atoms with Crippen LogP contribution in [-0.2, 0) is 6.61 Å². The average Bonchev–Trinajstić information content (AvgIpc) is 3.20. The highest BCUT2D eigenvalue weighted by molar-refractivity contribution is 5.84. The van der Waals surface area contributed by atoms with Gasteiger partial charge in [0.1, 0.15) is 23.9 Å². The Morgan fingerprint density at radius 2 is 1.87 bits per heavy atom. The summed E-state index contributed by atoms with van der Waals surface area (Å²) in [6.45, 7) is 4.10. The van der Waals surface area contributed by atoms with Crippen LogP contribution in [0.15, 0.2) is 70.3 Å². The van der Waals surface area contributed by atoms with Crippen LogP contribution in [0.5, 0.6) is 5.88 Å². The summed E-state index contributed by atoms with van der Waals surface area (Å²) in [5.41, 5.74) is 4.48. The predicted molar refractivity (Wildman–Crippen MR) is 113 cm³/mol. The fourth-order valence-electron chi connectivity index (χ4n) is 3.49. The van der Waals surface area contributed by atoms with Crippen LogP contribution in [0.1, 0.15) is 16.7 Å². The summed E-state index contributed by atoms with van der Waals surface area (Å²) in [6, 6.07) is 15.2. The monoisotopic (exact) mass is 398 g/mol. The molecule has 0 bridgehead atoms. The second-order valence-corrected chi connectivity index (χ2v) is 7.07. The lowest BCUT2D eigenvalue weighted by atomic mass is 10.0. The molecule has 0 spiro atoms. The molecule has 5 aromatic rings. The molecule has 0 amide bonds. The Hall–Kier alpha value is -4.00. The third-order valence-electron chi connectivity index (χ3n) is 5.21. The number of ether oxygens (including phenoxy) is 1. The number of nitrogens with zero attached hydrogens (tertiary/aromatic N) is 4. The number of rotatable bonds is 4. The highest BCUT2D eigenvalue weighted by Crippen LogP contribution is 2.26. The van der Waals surface area contributed by atoms with E-state index in [1.165, 1.54) is 12.4 Å². The summed E-state index contributed by atoms with van der Waals surface area (Å²) in [4.78, 5) is 20.7. The first kappa shape index (κ1) is 18.1. The molecular weight excluding hydrogens is 380 g/mol. The van der Waals surface area contributed by atoms with Crippen molar-refractivity contribution < 1.29 is 9.15 Å². The molecule has 7 nitrogen and oxygen atoms in total. The first-order chi connectivity index (χ1) is 14.6. The van der Waals surface area contributed by atoms with Gasteiger partial charge in [0.2, 0.25) is 5.88 Å². The van der Waals surface area contributed by atoms with Crippen molar-refractivity contribution in [3.8, 4) is 11.6 Å². The summed E-state index contributed by atoms with van der Waals surface area (Å²) >= 11 is 0. The lowest BCUT2D eigenvalue weighted by Crippen LogP contribution is -2.06. The van der Waals surface area contributed by atoms with Crippen molar-refractivity contribution in [1.82, 2.24) is 19.7 Å². The molecule has 148 valence electrons. The Morgan fingerprint density at radius 1 is 1.03 bits per heavy atom. The summed E-state index contributed by atoms with van der Waals surface area (Å²) in [6.07, 6.45) is 3.13. The van der Waals surface area contributed by atoms with Crippen molar-refractivity contribution >= 4 is 22.0 Å². The van der Waals surface area contributed by atoms with E-state index in [0.29, 0.717) is 22.5 Å². The van der Waals surface area contributed by atoms with Gasteiger partial charge in [-0.2, -0.15) is 5.10 Å². The summed E-state index contributed by atoms with van der Waals surface area (Å²) in [5, 5.41) is 5.98. The normalized spacial score (nSPS) is 11.3.